The number of ether oxygens (including phenoxy) is 2. The summed E-state index contributed by atoms with van der Waals surface area (Å²) in [7, 11) is 3.16. The highest BCUT2D eigenvalue weighted by Gasteiger charge is 2.14. The van der Waals surface area contributed by atoms with E-state index in [9.17, 15) is 10.2 Å². The van der Waals surface area contributed by atoms with E-state index >= 15 is 0 Å². The maximum atomic E-state index is 9.42. The van der Waals surface area contributed by atoms with Gasteiger partial charge in [-0.1, -0.05) is 12.1 Å². The zero-order chi connectivity index (χ0) is 13.1. The number of fused-ring (bicyclic) bond motifs is 1. The van der Waals surface area contributed by atoms with Crippen molar-refractivity contribution in [2.24, 2.45) is 0 Å². The lowest BCUT2D eigenvalue weighted by Crippen LogP contribution is -1.97. The predicted molar refractivity (Wildman–Crippen MR) is 68.9 cm³/mol. The Bertz CT molecular complexity index is 466. The summed E-state index contributed by atoms with van der Waals surface area (Å²) < 4.78 is 10.7. The third-order valence-electron chi connectivity index (χ3n) is 3.04. The van der Waals surface area contributed by atoms with Crippen LogP contribution in [0.15, 0.2) is 24.3 Å². The number of aliphatic hydroxyl groups excluding tert-OH is 2. The van der Waals surface area contributed by atoms with Gasteiger partial charge in [-0.05, 0) is 23.3 Å². The van der Waals surface area contributed by atoms with E-state index in [1.165, 1.54) is 0 Å². The van der Waals surface area contributed by atoms with Crippen molar-refractivity contribution < 1.29 is 19.7 Å². The minimum absolute atomic E-state index is 0.0966. The molecule has 0 aliphatic rings. The summed E-state index contributed by atoms with van der Waals surface area (Å²) in [6.45, 7) is -0.193. The molecule has 0 unspecified atom stereocenters. The van der Waals surface area contributed by atoms with Crippen molar-refractivity contribution in [1.82, 2.24) is 0 Å². The first kappa shape index (κ1) is 12.7. The lowest BCUT2D eigenvalue weighted by Gasteiger charge is -2.15. The van der Waals surface area contributed by atoms with Gasteiger partial charge in [-0.25, -0.2) is 0 Å². The van der Waals surface area contributed by atoms with Crippen molar-refractivity contribution in [3.05, 3.63) is 35.4 Å². The minimum atomic E-state index is -0.0966. The quantitative estimate of drug-likeness (QED) is 0.866. The standard InChI is InChI=1S/C14H16O4/c1-17-11-5-3-9(7-15)13-10(8-16)4-6-12(18-2)14(11)13/h3-6,15-16H,7-8H2,1-2H3. The van der Waals surface area contributed by atoms with E-state index in [4.69, 9.17) is 9.47 Å². The molecular weight excluding hydrogens is 232 g/mol. The zero-order valence-electron chi connectivity index (χ0n) is 10.4. The van der Waals surface area contributed by atoms with Gasteiger partial charge in [0.05, 0.1) is 32.8 Å². The van der Waals surface area contributed by atoms with Gasteiger partial charge < -0.3 is 19.7 Å². The average Bonchev–Trinajstić information content (AvgIpc) is 2.44. The van der Waals surface area contributed by atoms with Crippen LogP contribution in [0.2, 0.25) is 0 Å². The van der Waals surface area contributed by atoms with Crippen LogP contribution in [0, 0.1) is 0 Å². The minimum Gasteiger partial charge on any atom is -0.496 e. The SMILES string of the molecule is COc1ccc(CO)c2c(CO)ccc(OC)c12. The topological polar surface area (TPSA) is 58.9 Å². The van der Waals surface area contributed by atoms with E-state index in [0.29, 0.717) is 11.5 Å². The summed E-state index contributed by atoms with van der Waals surface area (Å²) in [6, 6.07) is 7.16. The normalized spacial score (nSPS) is 10.7. The Balaban J connectivity index is 2.92. The van der Waals surface area contributed by atoms with Gasteiger partial charge in [0.1, 0.15) is 11.5 Å². The van der Waals surface area contributed by atoms with E-state index in [1.54, 1.807) is 38.5 Å². The van der Waals surface area contributed by atoms with E-state index in [-0.39, 0.29) is 13.2 Å². The molecule has 0 spiro atoms. The summed E-state index contributed by atoms with van der Waals surface area (Å²) in [6.07, 6.45) is 0. The molecule has 0 saturated carbocycles. The van der Waals surface area contributed by atoms with Crippen LogP contribution >= 0.6 is 0 Å². The molecule has 0 atom stereocenters. The fourth-order valence-corrected chi connectivity index (χ4v) is 2.18. The lowest BCUT2D eigenvalue weighted by atomic mass is 9.98. The van der Waals surface area contributed by atoms with Crippen LogP contribution < -0.4 is 9.47 Å². The summed E-state index contributed by atoms with van der Waals surface area (Å²) in [5.74, 6) is 1.32. The smallest absolute Gasteiger partial charge is 0.130 e. The second kappa shape index (κ2) is 5.25. The van der Waals surface area contributed by atoms with Crippen LogP contribution in [-0.2, 0) is 13.2 Å². The molecular formula is C14H16O4. The van der Waals surface area contributed by atoms with Crippen molar-refractivity contribution >= 4 is 10.8 Å². The molecule has 18 heavy (non-hydrogen) atoms. The van der Waals surface area contributed by atoms with Gasteiger partial charge in [0.25, 0.3) is 0 Å². The fourth-order valence-electron chi connectivity index (χ4n) is 2.18. The largest absolute Gasteiger partial charge is 0.496 e. The van der Waals surface area contributed by atoms with Crippen molar-refractivity contribution in [1.29, 1.82) is 0 Å². The van der Waals surface area contributed by atoms with Gasteiger partial charge in [-0.3, -0.25) is 0 Å². The Morgan fingerprint density at radius 3 is 1.56 bits per heavy atom. The maximum Gasteiger partial charge on any atom is 0.130 e. The number of aliphatic hydroxyl groups is 2. The van der Waals surface area contributed by atoms with Gasteiger partial charge in [-0.2, -0.15) is 0 Å². The molecule has 4 nitrogen and oxygen atoms in total. The highest BCUT2D eigenvalue weighted by atomic mass is 16.5. The zero-order valence-corrected chi connectivity index (χ0v) is 10.4. The monoisotopic (exact) mass is 248 g/mol. The number of hydrogen-bond acceptors (Lipinski definition) is 4. The van der Waals surface area contributed by atoms with E-state index < -0.39 is 0 Å². The van der Waals surface area contributed by atoms with Crippen LogP contribution in [0.3, 0.4) is 0 Å². The highest BCUT2D eigenvalue weighted by Crippen LogP contribution is 2.38. The van der Waals surface area contributed by atoms with Gasteiger partial charge in [0, 0.05) is 5.39 Å². The molecule has 2 aromatic rings. The van der Waals surface area contributed by atoms with E-state index in [2.05, 4.69) is 0 Å². The Labute approximate surface area is 105 Å². The molecule has 2 N–H and O–H groups in total. The van der Waals surface area contributed by atoms with Crippen LogP contribution in [0.25, 0.3) is 10.8 Å². The van der Waals surface area contributed by atoms with Crippen LogP contribution in [0.1, 0.15) is 11.1 Å². The van der Waals surface area contributed by atoms with Crippen molar-refractivity contribution in [3.8, 4) is 11.5 Å². The summed E-state index contributed by atoms with van der Waals surface area (Å²) in [4.78, 5) is 0. The third-order valence-corrected chi connectivity index (χ3v) is 3.04. The lowest BCUT2D eigenvalue weighted by molar-refractivity contribution is 0.278. The molecule has 0 saturated heterocycles. The first-order chi connectivity index (χ1) is 8.76. The molecule has 0 aliphatic carbocycles. The molecule has 0 heterocycles. The third kappa shape index (κ3) is 1.89. The summed E-state index contributed by atoms with van der Waals surface area (Å²) in [5.41, 5.74) is 1.49. The second-order valence-corrected chi connectivity index (χ2v) is 3.92. The van der Waals surface area contributed by atoms with Gasteiger partial charge in [-0.15, -0.1) is 0 Å². The highest BCUT2D eigenvalue weighted by molar-refractivity contribution is 5.98. The summed E-state index contributed by atoms with van der Waals surface area (Å²) >= 11 is 0. The fraction of sp³-hybridized carbons (Fsp3) is 0.286. The number of rotatable bonds is 4. The molecule has 0 radical (unpaired) electrons. The van der Waals surface area contributed by atoms with Crippen molar-refractivity contribution in [2.45, 2.75) is 13.2 Å². The Morgan fingerprint density at radius 1 is 0.778 bits per heavy atom. The molecule has 4 heteroatoms. The molecule has 0 fully saturated rings. The molecule has 0 amide bonds. The molecule has 0 aromatic heterocycles. The van der Waals surface area contributed by atoms with E-state index in [1.807, 2.05) is 0 Å². The second-order valence-electron chi connectivity index (χ2n) is 3.92. The van der Waals surface area contributed by atoms with Crippen LogP contribution in [-0.4, -0.2) is 24.4 Å². The molecule has 2 rings (SSSR count). The van der Waals surface area contributed by atoms with Gasteiger partial charge in [0.15, 0.2) is 0 Å². The number of methoxy groups -OCH3 is 2. The average molecular weight is 248 g/mol. The molecule has 2 aromatic carbocycles. The first-order valence-corrected chi connectivity index (χ1v) is 5.64. The Hall–Kier alpha value is -1.78. The molecule has 96 valence electrons. The van der Waals surface area contributed by atoms with Crippen LogP contribution in [0.5, 0.6) is 11.5 Å². The predicted octanol–water partition coefficient (Wildman–Crippen LogP) is 1.84. The molecule has 0 aliphatic heterocycles. The number of hydrogen-bond donors (Lipinski definition) is 2. The Morgan fingerprint density at radius 2 is 1.22 bits per heavy atom. The maximum absolute atomic E-state index is 9.42. The first-order valence-electron chi connectivity index (χ1n) is 5.64. The van der Waals surface area contributed by atoms with Gasteiger partial charge in [0.2, 0.25) is 0 Å². The summed E-state index contributed by atoms with van der Waals surface area (Å²) in [5, 5.41) is 20.4. The van der Waals surface area contributed by atoms with Gasteiger partial charge >= 0.3 is 0 Å². The number of benzene rings is 2. The van der Waals surface area contributed by atoms with Crippen molar-refractivity contribution in [2.75, 3.05) is 14.2 Å². The van der Waals surface area contributed by atoms with Crippen LogP contribution in [0.4, 0.5) is 0 Å². The molecule has 0 bridgehead atoms. The Kier molecular flexibility index (Phi) is 3.69. The van der Waals surface area contributed by atoms with Crippen molar-refractivity contribution in [3.63, 3.8) is 0 Å². The van der Waals surface area contributed by atoms with E-state index in [0.717, 1.165) is 21.9 Å².